The van der Waals surface area contributed by atoms with Crippen molar-refractivity contribution in [1.29, 1.82) is 0 Å². The molecule has 25 heavy (non-hydrogen) atoms. The molecule has 3 rings (SSSR count). The van der Waals surface area contributed by atoms with Gasteiger partial charge in [-0.15, -0.1) is 0 Å². The Morgan fingerprint density at radius 1 is 1.24 bits per heavy atom. The van der Waals surface area contributed by atoms with Crippen molar-refractivity contribution < 1.29 is 22.3 Å². The van der Waals surface area contributed by atoms with Crippen LogP contribution in [-0.4, -0.2) is 27.5 Å². The van der Waals surface area contributed by atoms with Crippen molar-refractivity contribution in [2.75, 3.05) is 16.7 Å². The van der Waals surface area contributed by atoms with E-state index in [1.54, 1.807) is 14.0 Å². The van der Waals surface area contributed by atoms with E-state index in [1.807, 2.05) is 0 Å². The first kappa shape index (κ1) is 17.7. The van der Waals surface area contributed by atoms with E-state index in [2.05, 4.69) is 20.7 Å². The average Bonchev–Trinajstić information content (AvgIpc) is 2.55. The standard InChI is InChI=1S/C16H14BrFN2O4S/c1-9-16(21)20(2)13-7-12(17)15(8-14(13)24-9)25(22,23)19-11-5-3-10(18)4-6-11/h3-9,19H,1-2H3. The SMILES string of the molecule is CC1Oc2cc(S(=O)(=O)Nc3ccc(F)cc3)c(Br)cc2N(C)C1=O. The van der Waals surface area contributed by atoms with Gasteiger partial charge in [-0.2, -0.15) is 0 Å². The molecule has 0 bridgehead atoms. The summed E-state index contributed by atoms with van der Waals surface area (Å²) in [5, 5.41) is 0. The van der Waals surface area contributed by atoms with E-state index in [-0.39, 0.29) is 26.7 Å². The van der Waals surface area contributed by atoms with Crippen LogP contribution in [-0.2, 0) is 14.8 Å². The fraction of sp³-hybridized carbons (Fsp3) is 0.188. The molecule has 1 unspecified atom stereocenters. The van der Waals surface area contributed by atoms with E-state index < -0.39 is 21.9 Å². The molecular formula is C16H14BrFN2O4S. The van der Waals surface area contributed by atoms with Gasteiger partial charge in [-0.3, -0.25) is 9.52 Å². The number of halogens is 2. The zero-order valence-electron chi connectivity index (χ0n) is 13.3. The van der Waals surface area contributed by atoms with E-state index in [0.717, 1.165) is 12.1 Å². The lowest BCUT2D eigenvalue weighted by Gasteiger charge is -2.30. The molecule has 0 saturated heterocycles. The van der Waals surface area contributed by atoms with Crippen LogP contribution in [0, 0.1) is 5.82 Å². The van der Waals surface area contributed by atoms with E-state index in [1.165, 1.54) is 29.2 Å². The van der Waals surface area contributed by atoms with Crippen molar-refractivity contribution in [3.8, 4) is 5.75 Å². The molecule has 1 N–H and O–H groups in total. The predicted molar refractivity (Wildman–Crippen MR) is 94.9 cm³/mol. The van der Waals surface area contributed by atoms with Gasteiger partial charge in [-0.1, -0.05) is 0 Å². The number of sulfonamides is 1. The lowest BCUT2D eigenvalue weighted by molar-refractivity contribution is -0.125. The summed E-state index contributed by atoms with van der Waals surface area (Å²) in [6.45, 7) is 1.59. The Bertz CT molecular complexity index is 947. The Balaban J connectivity index is 2.01. The molecular weight excluding hydrogens is 415 g/mol. The second-order valence-electron chi connectivity index (χ2n) is 5.52. The second-order valence-corrected chi connectivity index (χ2v) is 8.03. The number of likely N-dealkylation sites (N-methyl/N-ethyl adjacent to an activating group) is 1. The van der Waals surface area contributed by atoms with Gasteiger partial charge in [-0.05, 0) is 53.2 Å². The molecule has 1 amide bonds. The van der Waals surface area contributed by atoms with Gasteiger partial charge in [0.25, 0.3) is 15.9 Å². The first-order valence-corrected chi connectivity index (χ1v) is 9.53. The zero-order valence-corrected chi connectivity index (χ0v) is 15.7. The molecule has 0 aromatic heterocycles. The Hall–Kier alpha value is -2.13. The second kappa shape index (κ2) is 6.30. The van der Waals surface area contributed by atoms with Crippen molar-refractivity contribution in [2.24, 2.45) is 0 Å². The van der Waals surface area contributed by atoms with Crippen LogP contribution < -0.4 is 14.4 Å². The third-order valence-electron chi connectivity index (χ3n) is 3.74. The molecule has 0 radical (unpaired) electrons. The lowest BCUT2D eigenvalue weighted by atomic mass is 10.2. The maximum Gasteiger partial charge on any atom is 0.267 e. The van der Waals surface area contributed by atoms with Crippen molar-refractivity contribution in [3.63, 3.8) is 0 Å². The Morgan fingerprint density at radius 2 is 1.88 bits per heavy atom. The van der Waals surface area contributed by atoms with Gasteiger partial charge in [0, 0.05) is 23.3 Å². The number of carbonyl (C=O) groups is 1. The number of fused-ring (bicyclic) bond motifs is 1. The molecule has 0 saturated carbocycles. The summed E-state index contributed by atoms with van der Waals surface area (Å²) in [6, 6.07) is 7.83. The minimum Gasteiger partial charge on any atom is -0.479 e. The highest BCUT2D eigenvalue weighted by atomic mass is 79.9. The van der Waals surface area contributed by atoms with Crippen LogP contribution in [0.4, 0.5) is 15.8 Å². The maximum absolute atomic E-state index is 13.0. The van der Waals surface area contributed by atoms with Crippen molar-refractivity contribution in [2.45, 2.75) is 17.9 Å². The molecule has 9 heteroatoms. The number of ether oxygens (including phenoxy) is 1. The minimum atomic E-state index is -3.94. The Kier molecular flexibility index (Phi) is 4.46. The van der Waals surface area contributed by atoms with Crippen LogP contribution in [0.2, 0.25) is 0 Å². The molecule has 6 nitrogen and oxygen atoms in total. The van der Waals surface area contributed by atoms with Crippen LogP contribution in [0.5, 0.6) is 5.75 Å². The predicted octanol–water partition coefficient (Wildman–Crippen LogP) is 3.13. The topological polar surface area (TPSA) is 75.7 Å². The first-order chi connectivity index (χ1) is 11.7. The van der Waals surface area contributed by atoms with Crippen LogP contribution in [0.15, 0.2) is 45.8 Å². The molecule has 2 aromatic carbocycles. The lowest BCUT2D eigenvalue weighted by Crippen LogP contribution is -2.42. The van der Waals surface area contributed by atoms with Gasteiger partial charge in [0.05, 0.1) is 5.69 Å². The summed E-state index contributed by atoms with van der Waals surface area (Å²) < 4.78 is 46.4. The molecule has 0 spiro atoms. The Labute approximate surface area is 152 Å². The van der Waals surface area contributed by atoms with E-state index >= 15 is 0 Å². The van der Waals surface area contributed by atoms with E-state index in [9.17, 15) is 17.6 Å². The van der Waals surface area contributed by atoms with Crippen molar-refractivity contribution in [1.82, 2.24) is 0 Å². The summed E-state index contributed by atoms with van der Waals surface area (Å²) in [5.74, 6) is -0.398. The third kappa shape index (κ3) is 3.34. The molecule has 132 valence electrons. The summed E-state index contributed by atoms with van der Waals surface area (Å²) in [5.41, 5.74) is 0.698. The fourth-order valence-corrected chi connectivity index (χ4v) is 4.55. The summed E-state index contributed by atoms with van der Waals surface area (Å²) in [6.07, 6.45) is -0.709. The monoisotopic (exact) mass is 428 g/mol. The maximum atomic E-state index is 13.0. The summed E-state index contributed by atoms with van der Waals surface area (Å²) in [4.78, 5) is 13.3. The number of nitrogens with one attached hydrogen (secondary N) is 1. The summed E-state index contributed by atoms with van der Waals surface area (Å²) >= 11 is 3.23. The normalized spacial score (nSPS) is 17.0. The van der Waals surface area contributed by atoms with Gasteiger partial charge >= 0.3 is 0 Å². The number of nitrogens with zero attached hydrogens (tertiary/aromatic N) is 1. The van der Waals surface area contributed by atoms with Gasteiger partial charge in [0.1, 0.15) is 16.5 Å². The minimum absolute atomic E-state index is 0.0504. The van der Waals surface area contributed by atoms with Gasteiger partial charge < -0.3 is 9.64 Å². The van der Waals surface area contributed by atoms with Crippen molar-refractivity contribution in [3.05, 3.63) is 46.7 Å². The highest BCUT2D eigenvalue weighted by molar-refractivity contribution is 9.10. The van der Waals surface area contributed by atoms with Crippen LogP contribution in [0.1, 0.15) is 6.92 Å². The Morgan fingerprint density at radius 3 is 2.52 bits per heavy atom. The molecule has 1 heterocycles. The molecule has 0 fully saturated rings. The molecule has 2 aromatic rings. The van der Waals surface area contributed by atoms with Crippen LogP contribution in [0.25, 0.3) is 0 Å². The van der Waals surface area contributed by atoms with Gasteiger partial charge in [0.2, 0.25) is 0 Å². The third-order valence-corrected chi connectivity index (χ3v) is 6.08. The van der Waals surface area contributed by atoms with E-state index in [4.69, 9.17) is 4.74 Å². The number of hydrogen-bond donors (Lipinski definition) is 1. The number of rotatable bonds is 3. The van der Waals surface area contributed by atoms with Gasteiger partial charge in [-0.25, -0.2) is 12.8 Å². The average molecular weight is 429 g/mol. The van der Waals surface area contributed by atoms with Gasteiger partial charge in [0.15, 0.2) is 6.10 Å². The largest absolute Gasteiger partial charge is 0.479 e. The number of carbonyl (C=O) groups excluding carboxylic acids is 1. The fourth-order valence-electron chi connectivity index (χ4n) is 2.45. The van der Waals surface area contributed by atoms with E-state index in [0.29, 0.717) is 5.69 Å². The number of benzene rings is 2. The number of amides is 1. The molecule has 1 aliphatic rings. The number of hydrogen-bond acceptors (Lipinski definition) is 4. The zero-order chi connectivity index (χ0) is 18.4. The van der Waals surface area contributed by atoms with Crippen molar-refractivity contribution >= 4 is 43.2 Å². The number of anilines is 2. The molecule has 1 aliphatic heterocycles. The van der Waals surface area contributed by atoms with Crippen LogP contribution in [0.3, 0.4) is 0 Å². The molecule has 0 aliphatic carbocycles. The summed E-state index contributed by atoms with van der Waals surface area (Å²) in [7, 11) is -2.35. The molecule has 1 atom stereocenters. The highest BCUT2D eigenvalue weighted by Crippen LogP contribution is 2.39. The smallest absolute Gasteiger partial charge is 0.267 e. The van der Waals surface area contributed by atoms with Crippen LogP contribution >= 0.6 is 15.9 Å². The first-order valence-electron chi connectivity index (χ1n) is 7.25. The highest BCUT2D eigenvalue weighted by Gasteiger charge is 2.31. The quantitative estimate of drug-likeness (QED) is 0.814.